The molecule has 1 aliphatic heterocycles. The van der Waals surface area contributed by atoms with Crippen molar-refractivity contribution in [1.82, 2.24) is 14.2 Å². The number of carbonyl (C=O) groups excluding carboxylic acids is 1. The normalized spacial score (nSPS) is 15.0. The van der Waals surface area contributed by atoms with Gasteiger partial charge in [-0.2, -0.15) is 13.2 Å². The maximum absolute atomic E-state index is 13.9. The number of sulfone groups is 1. The fraction of sp³-hybridized carbons (Fsp3) is 0.233. The molecular weight excluding hydrogens is 853 g/mol. The van der Waals surface area contributed by atoms with Crippen LogP contribution < -0.4 is 20.7 Å². The molecule has 0 bridgehead atoms. The second kappa shape index (κ2) is 17.3. The number of carbonyl (C=O) groups is 1. The smallest absolute Gasteiger partial charge is 0.375 e. The molecule has 5 aromatic rings. The van der Waals surface area contributed by atoms with Crippen LogP contribution in [0.5, 0.6) is 0 Å². The average molecular weight is 895 g/mol. The molecule has 2 heterocycles. The molecule has 1 saturated heterocycles. The Labute approximate surface area is 355 Å². The van der Waals surface area contributed by atoms with Gasteiger partial charge in [-0.3, -0.25) is 9.52 Å². The highest BCUT2D eigenvalue weighted by Gasteiger charge is 2.48. The van der Waals surface area contributed by atoms with Crippen LogP contribution in [0.3, 0.4) is 0 Å². The van der Waals surface area contributed by atoms with Gasteiger partial charge in [0, 0.05) is 66.5 Å². The van der Waals surface area contributed by atoms with Gasteiger partial charge < -0.3 is 25.4 Å². The second-order valence-corrected chi connectivity index (χ2v) is 19.1. The Balaban J connectivity index is 1.04. The molecule has 1 aliphatic carbocycles. The fourth-order valence-electron chi connectivity index (χ4n) is 7.52. The number of amides is 1. The molecule has 1 fully saturated rings. The molecule has 0 spiro atoms. The molecule has 61 heavy (non-hydrogen) atoms. The molecule has 1 amide bonds. The lowest BCUT2D eigenvalue weighted by atomic mass is 9.96. The van der Waals surface area contributed by atoms with E-state index in [1.807, 2.05) is 42.8 Å². The minimum atomic E-state index is -5.92. The number of rotatable bonds is 13. The minimum absolute atomic E-state index is 0.0203. The van der Waals surface area contributed by atoms with Crippen molar-refractivity contribution in [3.8, 4) is 22.4 Å². The number of thioether (sulfide) groups is 1. The maximum Gasteiger partial charge on any atom is 0.501 e. The first-order chi connectivity index (χ1) is 28.9. The summed E-state index contributed by atoms with van der Waals surface area (Å²) < 4.78 is 112. The van der Waals surface area contributed by atoms with Gasteiger partial charge in [-0.15, -0.1) is 11.8 Å². The van der Waals surface area contributed by atoms with E-state index in [1.54, 1.807) is 54.6 Å². The van der Waals surface area contributed by atoms with Crippen molar-refractivity contribution in [3.05, 3.63) is 138 Å². The van der Waals surface area contributed by atoms with Gasteiger partial charge in [-0.25, -0.2) is 21.2 Å². The molecule has 0 radical (unpaired) electrons. The van der Waals surface area contributed by atoms with Crippen LogP contribution in [-0.4, -0.2) is 69.8 Å². The first-order valence-electron chi connectivity index (χ1n) is 19.1. The summed E-state index contributed by atoms with van der Waals surface area (Å²) in [6.45, 7) is 4.45. The maximum atomic E-state index is 13.9. The molecule has 1 aromatic heterocycles. The van der Waals surface area contributed by atoms with Crippen LogP contribution >= 0.6 is 11.8 Å². The third kappa shape index (κ3) is 9.16. The first-order valence-corrected chi connectivity index (χ1v) is 23.0. The van der Waals surface area contributed by atoms with Crippen LogP contribution in [0.1, 0.15) is 28.9 Å². The number of nitrogens with two attached hydrogens (primary N) is 1. The quantitative estimate of drug-likeness (QED) is 0.0608. The molecule has 11 nitrogen and oxygen atoms in total. The lowest BCUT2D eigenvalue weighted by Gasteiger charge is -2.39. The van der Waals surface area contributed by atoms with Crippen molar-refractivity contribution in [3.63, 3.8) is 0 Å². The highest BCUT2D eigenvalue weighted by Crippen LogP contribution is 2.40. The number of anilines is 2. The number of alkyl halides is 3. The number of nitrogens with zero attached hydrogens (tertiary/aromatic N) is 3. The zero-order valence-corrected chi connectivity index (χ0v) is 35.5. The summed E-state index contributed by atoms with van der Waals surface area (Å²) in [5.74, 6) is -0.919. The predicted molar refractivity (Wildman–Crippen MR) is 229 cm³/mol. The predicted octanol–water partition coefficient (Wildman–Crippen LogP) is 8.02. The van der Waals surface area contributed by atoms with E-state index in [9.17, 15) is 39.2 Å². The summed E-state index contributed by atoms with van der Waals surface area (Å²) >= 11 is 1.23. The van der Waals surface area contributed by atoms with Crippen LogP contribution in [-0.2, 0) is 26.9 Å². The molecule has 18 heteroatoms. The lowest BCUT2D eigenvalue weighted by Crippen LogP contribution is -2.46. The number of allylic oxidation sites excluding steroid dienone is 4. The number of aromatic nitrogens is 1. The number of hydrogen-bond acceptors (Lipinski definition) is 9. The van der Waals surface area contributed by atoms with E-state index in [0.717, 1.165) is 45.2 Å². The van der Waals surface area contributed by atoms with Crippen molar-refractivity contribution in [1.29, 1.82) is 0 Å². The Morgan fingerprint density at radius 3 is 2.15 bits per heavy atom. The van der Waals surface area contributed by atoms with E-state index < -0.39 is 41.1 Å². The van der Waals surface area contributed by atoms with E-state index in [-0.39, 0.29) is 23.8 Å². The second-order valence-electron chi connectivity index (χ2n) is 14.5. The average Bonchev–Trinajstić information content (AvgIpc) is 3.51. The number of primary amides is 1. The van der Waals surface area contributed by atoms with Crippen molar-refractivity contribution in [2.75, 3.05) is 42.3 Å². The molecular formula is C43H42F4N6O5S3. The number of piperazine rings is 1. The number of nitrogens with one attached hydrogen (secondary N) is 2. The van der Waals surface area contributed by atoms with E-state index >= 15 is 0 Å². The Hall–Kier alpha value is -5.72. The van der Waals surface area contributed by atoms with Gasteiger partial charge in [0.15, 0.2) is 0 Å². The number of sulfonamides is 1. The van der Waals surface area contributed by atoms with Crippen LogP contribution in [0, 0.1) is 12.7 Å². The molecule has 320 valence electrons. The summed E-state index contributed by atoms with van der Waals surface area (Å²) in [5.41, 5.74) is 6.09. The van der Waals surface area contributed by atoms with Crippen molar-refractivity contribution >= 4 is 48.9 Å². The van der Waals surface area contributed by atoms with Crippen LogP contribution in [0.15, 0.2) is 135 Å². The molecule has 4 N–H and O–H groups in total. The van der Waals surface area contributed by atoms with E-state index in [0.29, 0.717) is 61.2 Å². The molecule has 0 atom stereocenters. The summed E-state index contributed by atoms with van der Waals surface area (Å²) in [6.07, 6.45) is 4.17. The van der Waals surface area contributed by atoms with Gasteiger partial charge in [-0.1, -0.05) is 30.3 Å². The van der Waals surface area contributed by atoms with Gasteiger partial charge in [0.1, 0.15) is 10.7 Å². The number of halogens is 4. The van der Waals surface area contributed by atoms with Crippen molar-refractivity contribution in [2.45, 2.75) is 40.0 Å². The lowest BCUT2D eigenvalue weighted by molar-refractivity contribution is -0.0435. The van der Waals surface area contributed by atoms with Gasteiger partial charge in [0.2, 0.25) is 0 Å². The molecule has 2 aliphatic rings. The highest BCUT2D eigenvalue weighted by atomic mass is 32.2. The largest absolute Gasteiger partial charge is 0.501 e. The van der Waals surface area contributed by atoms with Crippen molar-refractivity contribution in [2.24, 2.45) is 12.8 Å². The topological polar surface area (TPSA) is 147 Å². The van der Waals surface area contributed by atoms with Gasteiger partial charge in [0.25, 0.3) is 25.8 Å². The van der Waals surface area contributed by atoms with Crippen LogP contribution in [0.2, 0.25) is 0 Å². The summed E-state index contributed by atoms with van der Waals surface area (Å²) in [4.78, 5) is 16.2. The molecule has 0 unspecified atom stereocenters. The van der Waals surface area contributed by atoms with E-state index in [4.69, 9.17) is 5.73 Å². The summed E-state index contributed by atoms with van der Waals surface area (Å²) in [5, 5.41) is 2.69. The third-order valence-corrected chi connectivity index (χ3v) is 14.6. The van der Waals surface area contributed by atoms with Crippen molar-refractivity contribution < 1.29 is 39.2 Å². The Kier molecular flexibility index (Phi) is 12.3. The number of benzene rings is 4. The monoisotopic (exact) mass is 894 g/mol. The summed E-state index contributed by atoms with van der Waals surface area (Å²) in [6, 6.07) is 25.5. The van der Waals surface area contributed by atoms with Gasteiger partial charge >= 0.3 is 5.51 Å². The highest BCUT2D eigenvalue weighted by molar-refractivity contribution is 7.99. The Morgan fingerprint density at radius 1 is 0.820 bits per heavy atom. The van der Waals surface area contributed by atoms with E-state index in [1.165, 1.54) is 23.9 Å². The Bertz CT molecular complexity index is 2750. The molecule has 0 saturated carbocycles. The minimum Gasteiger partial charge on any atom is -0.375 e. The molecule has 7 rings (SSSR count). The van der Waals surface area contributed by atoms with Crippen LogP contribution in [0.25, 0.3) is 22.4 Å². The Morgan fingerprint density at radius 2 is 1.51 bits per heavy atom. The standard InChI is InChI=1S/C43H42F4N6O5S3/c1-28-39(42(48)54)40(41(51(28)2)29-11-13-31(44)14-12-29)30-7-6-8-34(25-30)53-23-21-52(22-24-53)33-17-15-32(16-18-33)50-61(57,58)36-19-20-37(38(26-36)60(55,56)43(45,46)47)49-27-59-35-9-4-3-5-10-35/h3-15,17,19-20,25-26,49-50H,16,18,21-24,27H2,1-2H3,(H2,48,54). The van der Waals surface area contributed by atoms with Gasteiger partial charge in [0.05, 0.1) is 27.7 Å². The zero-order valence-electron chi connectivity index (χ0n) is 33.0. The molecule has 4 aromatic carbocycles. The third-order valence-electron chi connectivity index (χ3n) is 10.7. The van der Waals surface area contributed by atoms with Crippen LogP contribution in [0.4, 0.5) is 28.9 Å². The zero-order chi connectivity index (χ0) is 43.7. The van der Waals surface area contributed by atoms with Gasteiger partial charge in [-0.05, 0) is 110 Å². The SMILES string of the molecule is Cc1c(C(N)=O)c(-c2cccc(N3CCN(C4=CC=C(NS(=O)(=O)c5ccc(NCSc6ccccc6)c(S(=O)(=O)C(F)(F)F)c5)CC4)CC3)c2)c(-c2ccc(F)cc2)n1C. The number of hydrogen-bond donors (Lipinski definition) is 3. The fourth-order valence-corrected chi connectivity index (χ4v) is 10.5. The first kappa shape index (κ1) is 43.4. The van der Waals surface area contributed by atoms with E-state index in [2.05, 4.69) is 19.8 Å². The summed E-state index contributed by atoms with van der Waals surface area (Å²) in [7, 11) is -8.55.